The molecular weight excluding hydrogens is 531 g/mol. The third-order valence-corrected chi connectivity index (χ3v) is 5.94. The molecule has 2 heterocycles. The van der Waals surface area contributed by atoms with Gasteiger partial charge >= 0.3 is 12.1 Å². The predicted octanol–water partition coefficient (Wildman–Crippen LogP) is 5.56. The first-order valence-electron chi connectivity index (χ1n) is 11.7. The van der Waals surface area contributed by atoms with Crippen LogP contribution in [0.2, 0.25) is 0 Å². The van der Waals surface area contributed by atoms with Crippen molar-refractivity contribution in [2.45, 2.75) is 32.1 Å². The number of rotatable bonds is 9. The number of hydrogen-bond acceptors (Lipinski definition) is 7. The highest BCUT2D eigenvalue weighted by Crippen LogP contribution is 2.17. The number of carboxylic acid groups (broad SMARTS) is 1. The van der Waals surface area contributed by atoms with Crippen molar-refractivity contribution in [3.05, 3.63) is 100 Å². The number of aryl methyl sites for hydroxylation is 1. The minimum atomic E-state index is -5.08. The van der Waals surface area contributed by atoms with E-state index < -0.39 is 18.2 Å². The maximum absolute atomic E-state index is 13.1. The molecule has 0 saturated carbocycles. The highest BCUT2D eigenvalue weighted by Gasteiger charge is 2.38. The van der Waals surface area contributed by atoms with Crippen molar-refractivity contribution in [2.75, 3.05) is 10.6 Å². The molecule has 12 heteroatoms. The molecule has 0 aliphatic rings. The average molecular weight is 558 g/mol. The molecule has 39 heavy (non-hydrogen) atoms. The van der Waals surface area contributed by atoms with E-state index in [1.54, 1.807) is 11.3 Å². The van der Waals surface area contributed by atoms with E-state index in [1.165, 1.54) is 0 Å². The highest BCUT2D eigenvalue weighted by atomic mass is 32.1. The fraction of sp³-hybridized carbons (Fsp3) is 0.185. The molecule has 2 aromatic heterocycles. The van der Waals surface area contributed by atoms with Gasteiger partial charge in [-0.15, -0.1) is 11.3 Å². The Morgan fingerprint density at radius 2 is 1.62 bits per heavy atom. The minimum absolute atomic E-state index is 0.0731. The summed E-state index contributed by atoms with van der Waals surface area (Å²) in [5, 5.41) is 18.7. The Morgan fingerprint density at radius 3 is 2.21 bits per heavy atom. The van der Waals surface area contributed by atoms with Crippen LogP contribution in [0.25, 0.3) is 0 Å². The molecule has 0 unspecified atom stereocenters. The second-order valence-corrected chi connectivity index (χ2v) is 9.23. The van der Waals surface area contributed by atoms with Crippen LogP contribution in [0.4, 0.5) is 30.6 Å². The van der Waals surface area contributed by atoms with E-state index >= 15 is 0 Å². The second-order valence-electron chi connectivity index (χ2n) is 8.20. The maximum Gasteiger partial charge on any atom is 0.490 e. The summed E-state index contributed by atoms with van der Waals surface area (Å²) < 4.78 is 31.7. The minimum Gasteiger partial charge on any atom is -0.475 e. The van der Waals surface area contributed by atoms with E-state index in [0.717, 1.165) is 21.8 Å². The summed E-state index contributed by atoms with van der Waals surface area (Å²) in [4.78, 5) is 32.2. The summed E-state index contributed by atoms with van der Waals surface area (Å²) in [6.45, 7) is 2.42. The van der Waals surface area contributed by atoms with E-state index in [2.05, 4.69) is 25.9 Å². The Bertz CT molecular complexity index is 1340. The Labute approximate surface area is 227 Å². The molecule has 204 valence electrons. The van der Waals surface area contributed by atoms with Gasteiger partial charge < -0.3 is 21.1 Å². The van der Waals surface area contributed by atoms with Crippen molar-refractivity contribution in [3.8, 4) is 0 Å². The molecule has 0 spiro atoms. The topological polar surface area (TPSA) is 116 Å². The van der Waals surface area contributed by atoms with Crippen LogP contribution in [0.15, 0.2) is 84.2 Å². The number of amides is 1. The lowest BCUT2D eigenvalue weighted by molar-refractivity contribution is -0.192. The Morgan fingerprint density at radius 1 is 0.974 bits per heavy atom. The van der Waals surface area contributed by atoms with E-state index in [4.69, 9.17) is 9.90 Å². The zero-order valence-corrected chi connectivity index (χ0v) is 21.6. The monoisotopic (exact) mass is 557 g/mol. The first-order chi connectivity index (χ1) is 18.6. The lowest BCUT2D eigenvalue weighted by atomic mass is 10.1. The van der Waals surface area contributed by atoms with Gasteiger partial charge in [-0.1, -0.05) is 54.6 Å². The van der Waals surface area contributed by atoms with Gasteiger partial charge in [-0.2, -0.15) is 18.2 Å². The number of para-hydroxylation sites is 1. The molecular formula is C27H26F3N5O3S. The van der Waals surface area contributed by atoms with Crippen LogP contribution in [0.5, 0.6) is 0 Å². The van der Waals surface area contributed by atoms with Crippen LogP contribution in [0.3, 0.4) is 0 Å². The normalized spacial score (nSPS) is 11.5. The van der Waals surface area contributed by atoms with Gasteiger partial charge in [0.05, 0.1) is 6.54 Å². The van der Waals surface area contributed by atoms with Crippen molar-refractivity contribution in [2.24, 2.45) is 0 Å². The van der Waals surface area contributed by atoms with Crippen LogP contribution < -0.4 is 16.0 Å². The molecule has 0 aliphatic heterocycles. The van der Waals surface area contributed by atoms with Crippen molar-refractivity contribution in [1.82, 2.24) is 15.3 Å². The number of carboxylic acids is 1. The summed E-state index contributed by atoms with van der Waals surface area (Å²) >= 11 is 1.63. The molecule has 0 radical (unpaired) electrons. The van der Waals surface area contributed by atoms with Gasteiger partial charge in [-0.05, 0) is 36.1 Å². The third kappa shape index (κ3) is 10.1. The van der Waals surface area contributed by atoms with Gasteiger partial charge in [0.25, 0.3) is 0 Å². The number of thiophene rings is 1. The highest BCUT2D eigenvalue weighted by molar-refractivity contribution is 7.09. The number of nitrogens with zero attached hydrogens (tertiary/aromatic N) is 2. The number of aromatic nitrogens is 2. The molecule has 4 aromatic rings. The van der Waals surface area contributed by atoms with Gasteiger partial charge in [0.2, 0.25) is 11.9 Å². The lowest BCUT2D eigenvalue weighted by Crippen LogP contribution is -2.41. The maximum atomic E-state index is 13.1. The van der Waals surface area contributed by atoms with Crippen molar-refractivity contribution < 1.29 is 27.9 Å². The molecule has 2 aromatic carbocycles. The standard InChI is InChI=1S/C25H25N5OS.C2HF3O2/c1-18-15-23(30-25(27-18)28-20-11-6-3-7-12-20)29-22(16-19-9-4-2-5-10-19)24(31)26-17-21-13-8-14-32-21;3-2(4,5)1(6)7/h2-15,22H,16-17H2,1H3,(H,26,31)(H2,27,28,29,30);(H,6,7)/t22-;/m0./s1. The first kappa shape index (κ1) is 29.1. The first-order valence-corrected chi connectivity index (χ1v) is 12.6. The molecule has 0 aliphatic carbocycles. The zero-order valence-electron chi connectivity index (χ0n) is 20.8. The van der Waals surface area contributed by atoms with Crippen molar-refractivity contribution in [1.29, 1.82) is 0 Å². The van der Waals surface area contributed by atoms with Crippen molar-refractivity contribution in [3.63, 3.8) is 0 Å². The number of alkyl halides is 3. The van der Waals surface area contributed by atoms with Crippen LogP contribution in [-0.4, -0.2) is 39.2 Å². The molecule has 0 fully saturated rings. The number of hydrogen-bond donors (Lipinski definition) is 4. The SMILES string of the molecule is Cc1cc(N[C@@H](Cc2ccccc2)C(=O)NCc2cccs2)nc(Nc2ccccc2)n1.O=C(O)C(F)(F)F. The average Bonchev–Trinajstić information content (AvgIpc) is 3.41. The Kier molecular flexibility index (Phi) is 10.4. The Balaban J connectivity index is 0.000000532. The van der Waals surface area contributed by atoms with Gasteiger partial charge in [0.1, 0.15) is 11.9 Å². The van der Waals surface area contributed by atoms with Gasteiger partial charge in [0, 0.05) is 28.7 Å². The summed E-state index contributed by atoms with van der Waals surface area (Å²) in [6, 6.07) is 25.1. The van der Waals surface area contributed by atoms with Gasteiger partial charge in [-0.3, -0.25) is 4.79 Å². The summed E-state index contributed by atoms with van der Waals surface area (Å²) in [5.74, 6) is -1.75. The van der Waals surface area contributed by atoms with E-state index in [0.29, 0.717) is 24.7 Å². The number of aliphatic carboxylic acids is 1. The largest absolute Gasteiger partial charge is 0.490 e. The fourth-order valence-corrected chi connectivity index (χ4v) is 3.94. The van der Waals surface area contributed by atoms with Crippen LogP contribution in [0.1, 0.15) is 16.1 Å². The lowest BCUT2D eigenvalue weighted by Gasteiger charge is -2.20. The number of halogens is 3. The molecule has 0 bridgehead atoms. The number of carbonyl (C=O) groups is 2. The van der Waals surface area contributed by atoms with E-state index in [9.17, 15) is 18.0 Å². The second kappa shape index (κ2) is 13.9. The number of benzene rings is 2. The quantitative estimate of drug-likeness (QED) is 0.213. The Hall–Kier alpha value is -4.45. The van der Waals surface area contributed by atoms with Crippen LogP contribution >= 0.6 is 11.3 Å². The van der Waals surface area contributed by atoms with Crippen LogP contribution in [0, 0.1) is 6.92 Å². The van der Waals surface area contributed by atoms with Crippen molar-refractivity contribution >= 4 is 40.7 Å². The molecule has 8 nitrogen and oxygen atoms in total. The van der Waals surface area contributed by atoms with Crippen LogP contribution in [-0.2, 0) is 22.6 Å². The number of anilines is 3. The fourth-order valence-electron chi connectivity index (χ4n) is 3.30. The van der Waals surface area contributed by atoms with Gasteiger partial charge in [-0.25, -0.2) is 9.78 Å². The molecule has 1 atom stereocenters. The number of nitrogens with one attached hydrogen (secondary N) is 3. The van der Waals surface area contributed by atoms with E-state index in [-0.39, 0.29) is 5.91 Å². The van der Waals surface area contributed by atoms with Gasteiger partial charge in [0.15, 0.2) is 0 Å². The van der Waals surface area contributed by atoms with E-state index in [1.807, 2.05) is 91.2 Å². The summed E-state index contributed by atoms with van der Waals surface area (Å²) in [7, 11) is 0. The molecule has 4 N–H and O–H groups in total. The zero-order chi connectivity index (χ0) is 28.3. The summed E-state index contributed by atoms with van der Waals surface area (Å²) in [6.07, 6.45) is -4.54. The smallest absolute Gasteiger partial charge is 0.475 e. The number of carbonyl (C=O) groups excluding carboxylic acids is 1. The summed E-state index contributed by atoms with van der Waals surface area (Å²) in [5.41, 5.74) is 2.78. The molecule has 0 saturated heterocycles. The molecule has 1 amide bonds. The third-order valence-electron chi connectivity index (χ3n) is 5.06. The molecule has 4 rings (SSSR count). The predicted molar refractivity (Wildman–Crippen MR) is 144 cm³/mol.